The van der Waals surface area contributed by atoms with Crippen LogP contribution in [0, 0.1) is 13.8 Å². The summed E-state index contributed by atoms with van der Waals surface area (Å²) in [5, 5.41) is 11.4. The van der Waals surface area contributed by atoms with Gasteiger partial charge in [0, 0.05) is 25.4 Å². The van der Waals surface area contributed by atoms with Gasteiger partial charge in [-0.05, 0) is 57.7 Å². The number of ether oxygens (including phenoxy) is 1. The number of nitrogens with zero attached hydrogens (tertiary/aromatic N) is 3. The van der Waals surface area contributed by atoms with Crippen molar-refractivity contribution in [2.24, 2.45) is 4.99 Å². The number of benzene rings is 1. The first-order valence-corrected chi connectivity index (χ1v) is 9.92. The van der Waals surface area contributed by atoms with E-state index in [9.17, 15) is 0 Å². The largest absolute Gasteiger partial charge is 0.378 e. The van der Waals surface area contributed by atoms with Crippen LogP contribution in [0.1, 0.15) is 43.1 Å². The Hall–Kier alpha value is -2.34. The summed E-state index contributed by atoms with van der Waals surface area (Å²) in [5.74, 6) is 0.846. The molecule has 0 spiro atoms. The number of rotatable bonds is 7. The predicted octanol–water partition coefficient (Wildman–Crippen LogP) is 3.11. The predicted molar refractivity (Wildman–Crippen MR) is 109 cm³/mol. The van der Waals surface area contributed by atoms with Gasteiger partial charge in [0.25, 0.3) is 0 Å². The minimum atomic E-state index is 0.395. The lowest BCUT2D eigenvalue weighted by Crippen LogP contribution is -2.38. The monoisotopic (exact) mass is 369 g/mol. The van der Waals surface area contributed by atoms with E-state index in [-0.39, 0.29) is 0 Å². The number of aromatic nitrogens is 2. The Labute approximate surface area is 162 Å². The molecule has 3 rings (SSSR count). The molecule has 2 heterocycles. The number of nitrogens with one attached hydrogen (secondary N) is 2. The maximum absolute atomic E-state index is 5.69. The summed E-state index contributed by atoms with van der Waals surface area (Å²) in [7, 11) is 0. The zero-order valence-electron chi connectivity index (χ0n) is 16.7. The van der Waals surface area contributed by atoms with Crippen LogP contribution in [0.2, 0.25) is 0 Å². The van der Waals surface area contributed by atoms with Gasteiger partial charge >= 0.3 is 0 Å². The van der Waals surface area contributed by atoms with E-state index in [1.807, 2.05) is 17.7 Å². The van der Waals surface area contributed by atoms with Gasteiger partial charge < -0.3 is 15.4 Å². The second-order valence-corrected chi connectivity index (χ2v) is 7.01. The SMILES string of the molecule is CCNC(=NCc1ccccc1-n1nc(C)cc1C)NCCC1CCCO1. The van der Waals surface area contributed by atoms with E-state index >= 15 is 0 Å². The smallest absolute Gasteiger partial charge is 0.191 e. The van der Waals surface area contributed by atoms with Crippen molar-refractivity contribution in [2.75, 3.05) is 19.7 Å². The van der Waals surface area contributed by atoms with Crippen molar-refractivity contribution in [3.8, 4) is 5.69 Å². The van der Waals surface area contributed by atoms with E-state index in [0.29, 0.717) is 12.6 Å². The minimum absolute atomic E-state index is 0.395. The molecular formula is C21H31N5O. The zero-order chi connectivity index (χ0) is 19.1. The highest BCUT2D eigenvalue weighted by Gasteiger charge is 2.15. The molecule has 1 aromatic heterocycles. The Morgan fingerprint density at radius 3 is 2.85 bits per heavy atom. The van der Waals surface area contributed by atoms with Gasteiger partial charge in [-0.1, -0.05) is 18.2 Å². The molecular weight excluding hydrogens is 338 g/mol. The molecule has 0 amide bonds. The highest BCUT2D eigenvalue weighted by atomic mass is 16.5. The molecule has 6 heteroatoms. The van der Waals surface area contributed by atoms with Crippen molar-refractivity contribution in [3.05, 3.63) is 47.3 Å². The van der Waals surface area contributed by atoms with Crippen molar-refractivity contribution in [3.63, 3.8) is 0 Å². The molecule has 2 N–H and O–H groups in total. The molecule has 1 atom stereocenters. The van der Waals surface area contributed by atoms with Gasteiger partial charge in [0.05, 0.1) is 24.0 Å². The van der Waals surface area contributed by atoms with Crippen LogP contribution < -0.4 is 10.6 Å². The average molecular weight is 370 g/mol. The molecule has 2 aromatic rings. The summed E-state index contributed by atoms with van der Waals surface area (Å²) in [4.78, 5) is 4.78. The first-order chi connectivity index (χ1) is 13.2. The molecule has 1 aliphatic heterocycles. The fourth-order valence-electron chi connectivity index (χ4n) is 3.45. The van der Waals surface area contributed by atoms with Crippen LogP contribution in [0.5, 0.6) is 0 Å². The Morgan fingerprint density at radius 1 is 1.30 bits per heavy atom. The van der Waals surface area contributed by atoms with Crippen molar-refractivity contribution < 1.29 is 4.74 Å². The summed E-state index contributed by atoms with van der Waals surface area (Å²) in [5.41, 5.74) is 4.39. The minimum Gasteiger partial charge on any atom is -0.378 e. The van der Waals surface area contributed by atoms with Crippen molar-refractivity contribution in [2.45, 2.75) is 52.7 Å². The van der Waals surface area contributed by atoms with Gasteiger partial charge in [-0.25, -0.2) is 9.67 Å². The lowest BCUT2D eigenvalue weighted by Gasteiger charge is -2.14. The Balaban J connectivity index is 1.67. The number of guanidine groups is 1. The van der Waals surface area contributed by atoms with Crippen molar-refractivity contribution in [1.29, 1.82) is 0 Å². The second-order valence-electron chi connectivity index (χ2n) is 7.01. The molecule has 1 aromatic carbocycles. The van der Waals surface area contributed by atoms with E-state index in [0.717, 1.165) is 54.7 Å². The summed E-state index contributed by atoms with van der Waals surface area (Å²) in [6.07, 6.45) is 3.77. The van der Waals surface area contributed by atoms with Crippen molar-refractivity contribution in [1.82, 2.24) is 20.4 Å². The molecule has 146 valence electrons. The molecule has 0 bridgehead atoms. The molecule has 0 radical (unpaired) electrons. The quantitative estimate of drug-likeness (QED) is 0.581. The average Bonchev–Trinajstić information content (AvgIpc) is 3.29. The standard InChI is InChI=1S/C21H31N5O/c1-4-22-21(23-12-11-19-9-7-13-27-19)24-15-18-8-5-6-10-20(18)26-17(3)14-16(2)25-26/h5-6,8,10,14,19H,4,7,9,11-13,15H2,1-3H3,(H2,22,23,24). The fourth-order valence-corrected chi connectivity index (χ4v) is 3.45. The molecule has 1 fully saturated rings. The molecule has 1 saturated heterocycles. The van der Waals surface area contributed by atoms with Crippen LogP contribution in [0.4, 0.5) is 0 Å². The van der Waals surface area contributed by atoms with Gasteiger partial charge in [0.1, 0.15) is 0 Å². The van der Waals surface area contributed by atoms with Crippen LogP contribution in [-0.4, -0.2) is 41.5 Å². The maximum atomic E-state index is 5.69. The highest BCUT2D eigenvalue weighted by molar-refractivity contribution is 5.79. The summed E-state index contributed by atoms with van der Waals surface area (Å²) in [6, 6.07) is 10.4. The first-order valence-electron chi connectivity index (χ1n) is 9.92. The third-order valence-corrected chi connectivity index (χ3v) is 4.76. The highest BCUT2D eigenvalue weighted by Crippen LogP contribution is 2.18. The summed E-state index contributed by atoms with van der Waals surface area (Å²) in [6.45, 7) is 9.40. The van der Waals surface area contributed by atoms with Gasteiger partial charge in [0.15, 0.2) is 5.96 Å². The van der Waals surface area contributed by atoms with E-state index in [1.54, 1.807) is 0 Å². The lowest BCUT2D eigenvalue weighted by molar-refractivity contribution is 0.105. The van der Waals surface area contributed by atoms with E-state index in [2.05, 4.69) is 53.8 Å². The Bertz CT molecular complexity index is 762. The van der Waals surface area contributed by atoms with Crippen LogP contribution in [0.15, 0.2) is 35.3 Å². The first kappa shape index (κ1) is 19.4. The number of hydrogen-bond acceptors (Lipinski definition) is 3. The van der Waals surface area contributed by atoms with E-state index < -0.39 is 0 Å². The van der Waals surface area contributed by atoms with Gasteiger partial charge in [-0.15, -0.1) is 0 Å². The summed E-state index contributed by atoms with van der Waals surface area (Å²) >= 11 is 0. The molecule has 1 aliphatic rings. The van der Waals surface area contributed by atoms with Crippen LogP contribution in [0.25, 0.3) is 5.69 Å². The van der Waals surface area contributed by atoms with Crippen LogP contribution in [-0.2, 0) is 11.3 Å². The zero-order valence-corrected chi connectivity index (χ0v) is 16.7. The third kappa shape index (κ3) is 5.32. The van der Waals surface area contributed by atoms with Crippen LogP contribution in [0.3, 0.4) is 0 Å². The fraction of sp³-hybridized carbons (Fsp3) is 0.524. The third-order valence-electron chi connectivity index (χ3n) is 4.76. The Kier molecular flexibility index (Phi) is 6.87. The normalized spacial score (nSPS) is 17.3. The topological polar surface area (TPSA) is 63.5 Å². The number of hydrogen-bond donors (Lipinski definition) is 2. The number of aryl methyl sites for hydroxylation is 2. The van der Waals surface area contributed by atoms with Gasteiger partial charge in [-0.2, -0.15) is 5.10 Å². The van der Waals surface area contributed by atoms with Crippen LogP contribution >= 0.6 is 0 Å². The maximum Gasteiger partial charge on any atom is 0.191 e. The molecule has 0 aliphatic carbocycles. The van der Waals surface area contributed by atoms with E-state index in [1.165, 1.54) is 12.8 Å². The van der Waals surface area contributed by atoms with Gasteiger partial charge in [0.2, 0.25) is 0 Å². The number of aliphatic imine (C=N–C) groups is 1. The molecule has 1 unspecified atom stereocenters. The lowest BCUT2D eigenvalue weighted by atomic mass is 10.2. The second kappa shape index (κ2) is 9.55. The molecule has 0 saturated carbocycles. The van der Waals surface area contributed by atoms with Crippen molar-refractivity contribution >= 4 is 5.96 Å². The Morgan fingerprint density at radius 2 is 2.15 bits per heavy atom. The molecule has 27 heavy (non-hydrogen) atoms. The molecule has 6 nitrogen and oxygen atoms in total. The number of para-hydroxylation sites is 1. The van der Waals surface area contributed by atoms with E-state index in [4.69, 9.17) is 9.73 Å². The van der Waals surface area contributed by atoms with Gasteiger partial charge in [-0.3, -0.25) is 0 Å². The summed E-state index contributed by atoms with van der Waals surface area (Å²) < 4.78 is 7.69.